The van der Waals surface area contributed by atoms with Gasteiger partial charge in [0.2, 0.25) is 11.8 Å². The molecule has 1 fully saturated rings. The molecular formula is C11H20N2O3. The number of nitrogens with zero attached hydrogens (tertiary/aromatic N) is 1. The first-order chi connectivity index (χ1) is 7.63. The van der Waals surface area contributed by atoms with Gasteiger partial charge < -0.3 is 15.3 Å². The summed E-state index contributed by atoms with van der Waals surface area (Å²) >= 11 is 0. The number of carbonyl (C=O) groups excluding carboxylic acids is 2. The molecule has 0 aromatic heterocycles. The molecule has 2 N–H and O–H groups in total. The Balaban J connectivity index is 2.22. The minimum Gasteiger partial charge on any atom is -0.396 e. The zero-order valence-electron chi connectivity index (χ0n) is 9.74. The number of likely N-dealkylation sites (tertiary alicyclic amines) is 1. The molecule has 5 nitrogen and oxygen atoms in total. The summed E-state index contributed by atoms with van der Waals surface area (Å²) in [5.74, 6) is -0.0427. The fourth-order valence-electron chi connectivity index (χ4n) is 1.83. The van der Waals surface area contributed by atoms with Crippen LogP contribution >= 0.6 is 0 Å². The van der Waals surface area contributed by atoms with Crippen molar-refractivity contribution in [1.29, 1.82) is 0 Å². The summed E-state index contributed by atoms with van der Waals surface area (Å²) in [5, 5.41) is 11.5. The molecule has 1 heterocycles. The van der Waals surface area contributed by atoms with E-state index in [9.17, 15) is 9.59 Å². The molecule has 0 spiro atoms. The van der Waals surface area contributed by atoms with Crippen LogP contribution in [0.2, 0.25) is 0 Å². The summed E-state index contributed by atoms with van der Waals surface area (Å²) in [4.78, 5) is 24.4. The van der Waals surface area contributed by atoms with Crippen molar-refractivity contribution in [1.82, 2.24) is 10.2 Å². The van der Waals surface area contributed by atoms with Crippen LogP contribution in [0.25, 0.3) is 0 Å². The lowest BCUT2D eigenvalue weighted by atomic mass is 10.2. The number of nitrogens with one attached hydrogen (secondary N) is 1. The molecule has 1 rings (SSSR count). The number of rotatable bonds is 6. The van der Waals surface area contributed by atoms with Gasteiger partial charge in [-0.25, -0.2) is 0 Å². The van der Waals surface area contributed by atoms with Crippen LogP contribution in [-0.4, -0.2) is 47.6 Å². The van der Waals surface area contributed by atoms with Crippen LogP contribution in [0, 0.1) is 0 Å². The Hall–Kier alpha value is -1.10. The standard InChI is InChI=1S/C11H20N2O3/c1-9(4-3-7-14)12-10(15)8-13-6-2-5-11(13)16/h9,14H,2-8H2,1H3,(H,12,15). The lowest BCUT2D eigenvalue weighted by molar-refractivity contribution is -0.133. The van der Waals surface area contributed by atoms with E-state index in [0.29, 0.717) is 19.4 Å². The number of carbonyl (C=O) groups is 2. The minimum absolute atomic E-state index is 0.0531. The summed E-state index contributed by atoms with van der Waals surface area (Å²) < 4.78 is 0. The maximum atomic E-state index is 11.6. The van der Waals surface area contributed by atoms with Crippen LogP contribution in [0.15, 0.2) is 0 Å². The van der Waals surface area contributed by atoms with Crippen LogP contribution in [0.1, 0.15) is 32.6 Å². The number of aliphatic hydroxyl groups excluding tert-OH is 1. The Morgan fingerprint density at radius 3 is 2.94 bits per heavy atom. The van der Waals surface area contributed by atoms with E-state index < -0.39 is 0 Å². The van der Waals surface area contributed by atoms with Crippen LogP contribution in [-0.2, 0) is 9.59 Å². The molecule has 0 saturated carbocycles. The van der Waals surface area contributed by atoms with Gasteiger partial charge >= 0.3 is 0 Å². The van der Waals surface area contributed by atoms with E-state index in [2.05, 4.69) is 5.32 Å². The molecule has 0 aromatic carbocycles. The third kappa shape index (κ3) is 4.18. The lowest BCUT2D eigenvalue weighted by Gasteiger charge is -2.18. The van der Waals surface area contributed by atoms with Crippen molar-refractivity contribution in [2.45, 2.75) is 38.6 Å². The van der Waals surface area contributed by atoms with Crippen LogP contribution < -0.4 is 5.32 Å². The molecule has 1 atom stereocenters. The Labute approximate surface area is 95.8 Å². The second-order valence-electron chi connectivity index (χ2n) is 4.25. The lowest BCUT2D eigenvalue weighted by Crippen LogP contribution is -2.41. The normalized spacial score (nSPS) is 17.6. The van der Waals surface area contributed by atoms with Gasteiger partial charge in [-0.2, -0.15) is 0 Å². The molecular weight excluding hydrogens is 208 g/mol. The summed E-state index contributed by atoms with van der Waals surface area (Å²) in [6.45, 7) is 2.91. The molecule has 1 aliphatic heterocycles. The van der Waals surface area contributed by atoms with Gasteiger partial charge in [0.1, 0.15) is 0 Å². The molecule has 5 heteroatoms. The molecule has 0 aliphatic carbocycles. The van der Waals surface area contributed by atoms with Gasteiger partial charge in [0.25, 0.3) is 0 Å². The van der Waals surface area contributed by atoms with Crippen LogP contribution in [0.3, 0.4) is 0 Å². The highest BCUT2D eigenvalue weighted by Crippen LogP contribution is 2.08. The van der Waals surface area contributed by atoms with Gasteiger partial charge in [-0.1, -0.05) is 0 Å². The molecule has 1 saturated heterocycles. The predicted molar refractivity (Wildman–Crippen MR) is 59.7 cm³/mol. The van der Waals surface area contributed by atoms with Gasteiger partial charge in [0, 0.05) is 25.6 Å². The highest BCUT2D eigenvalue weighted by molar-refractivity contribution is 5.85. The van der Waals surface area contributed by atoms with Crippen LogP contribution in [0.4, 0.5) is 0 Å². The Kier molecular flexibility index (Phi) is 5.25. The van der Waals surface area contributed by atoms with Crippen molar-refractivity contribution in [2.75, 3.05) is 19.7 Å². The fourth-order valence-corrected chi connectivity index (χ4v) is 1.83. The quantitative estimate of drug-likeness (QED) is 0.666. The van der Waals surface area contributed by atoms with E-state index in [1.807, 2.05) is 6.92 Å². The number of hydrogen-bond donors (Lipinski definition) is 2. The van der Waals surface area contributed by atoms with Crippen molar-refractivity contribution in [2.24, 2.45) is 0 Å². The largest absolute Gasteiger partial charge is 0.396 e. The van der Waals surface area contributed by atoms with Crippen molar-refractivity contribution >= 4 is 11.8 Å². The highest BCUT2D eigenvalue weighted by Gasteiger charge is 2.22. The topological polar surface area (TPSA) is 69.6 Å². The van der Waals surface area contributed by atoms with E-state index in [1.54, 1.807) is 4.90 Å². The monoisotopic (exact) mass is 228 g/mol. The summed E-state index contributed by atoms with van der Waals surface area (Å²) in [7, 11) is 0. The number of amides is 2. The van der Waals surface area contributed by atoms with Gasteiger partial charge in [-0.05, 0) is 26.2 Å². The van der Waals surface area contributed by atoms with E-state index in [-0.39, 0.29) is 31.0 Å². The first kappa shape index (κ1) is 13.0. The van der Waals surface area contributed by atoms with E-state index >= 15 is 0 Å². The average molecular weight is 228 g/mol. The van der Waals surface area contributed by atoms with E-state index in [4.69, 9.17) is 5.11 Å². The molecule has 16 heavy (non-hydrogen) atoms. The van der Waals surface area contributed by atoms with Crippen molar-refractivity contribution in [3.63, 3.8) is 0 Å². The molecule has 0 bridgehead atoms. The van der Waals surface area contributed by atoms with Crippen LogP contribution in [0.5, 0.6) is 0 Å². The van der Waals surface area contributed by atoms with Crippen molar-refractivity contribution in [3.8, 4) is 0 Å². The maximum Gasteiger partial charge on any atom is 0.239 e. The molecule has 92 valence electrons. The Morgan fingerprint density at radius 2 is 2.38 bits per heavy atom. The maximum absolute atomic E-state index is 11.6. The summed E-state index contributed by atoms with van der Waals surface area (Å²) in [5.41, 5.74) is 0. The average Bonchev–Trinajstić information content (AvgIpc) is 2.61. The third-order valence-corrected chi connectivity index (χ3v) is 2.71. The van der Waals surface area contributed by atoms with Gasteiger partial charge in [-0.15, -0.1) is 0 Å². The highest BCUT2D eigenvalue weighted by atomic mass is 16.3. The number of hydrogen-bond acceptors (Lipinski definition) is 3. The zero-order chi connectivity index (χ0) is 12.0. The SMILES string of the molecule is CC(CCCO)NC(=O)CN1CCCC1=O. The Bertz CT molecular complexity index is 256. The number of aliphatic hydroxyl groups is 1. The predicted octanol–water partition coefficient (Wildman–Crippen LogP) is -0.114. The van der Waals surface area contributed by atoms with E-state index in [1.165, 1.54) is 0 Å². The fraction of sp³-hybridized carbons (Fsp3) is 0.818. The van der Waals surface area contributed by atoms with E-state index in [0.717, 1.165) is 12.8 Å². The van der Waals surface area contributed by atoms with Gasteiger partial charge in [0.15, 0.2) is 0 Å². The summed E-state index contributed by atoms with van der Waals surface area (Å²) in [6.07, 6.45) is 2.86. The zero-order valence-corrected chi connectivity index (χ0v) is 9.74. The third-order valence-electron chi connectivity index (χ3n) is 2.71. The van der Waals surface area contributed by atoms with Gasteiger partial charge in [-0.3, -0.25) is 9.59 Å². The minimum atomic E-state index is -0.110. The molecule has 1 unspecified atom stereocenters. The Morgan fingerprint density at radius 1 is 1.62 bits per heavy atom. The van der Waals surface area contributed by atoms with Crippen molar-refractivity contribution in [3.05, 3.63) is 0 Å². The summed E-state index contributed by atoms with van der Waals surface area (Å²) in [6, 6.07) is 0.0531. The molecule has 0 radical (unpaired) electrons. The first-order valence-electron chi connectivity index (χ1n) is 5.81. The first-order valence-corrected chi connectivity index (χ1v) is 5.81. The molecule has 0 aromatic rings. The van der Waals surface area contributed by atoms with Crippen molar-refractivity contribution < 1.29 is 14.7 Å². The molecule has 2 amide bonds. The second kappa shape index (κ2) is 6.48. The second-order valence-corrected chi connectivity index (χ2v) is 4.25. The van der Waals surface area contributed by atoms with Gasteiger partial charge in [0.05, 0.1) is 6.54 Å². The smallest absolute Gasteiger partial charge is 0.239 e. The molecule has 1 aliphatic rings.